The molecule has 1 aliphatic heterocycles. The van der Waals surface area contributed by atoms with Gasteiger partial charge in [-0.25, -0.2) is 13.1 Å². The molecule has 114 valence electrons. The van der Waals surface area contributed by atoms with Crippen LogP contribution in [0.15, 0.2) is 29.2 Å². The lowest BCUT2D eigenvalue weighted by Gasteiger charge is -2.28. The molecule has 1 aromatic carbocycles. The molecule has 0 amide bonds. The third-order valence-corrected chi connectivity index (χ3v) is 5.12. The molecule has 1 heterocycles. The van der Waals surface area contributed by atoms with Gasteiger partial charge in [0, 0.05) is 12.1 Å². The fourth-order valence-corrected chi connectivity index (χ4v) is 3.71. The van der Waals surface area contributed by atoms with E-state index >= 15 is 0 Å². The van der Waals surface area contributed by atoms with Gasteiger partial charge in [-0.05, 0) is 50.4 Å². The third-order valence-electron chi connectivity index (χ3n) is 3.59. The molecular weight excluding hydrogens is 296 g/mol. The number of hydrogen-bond acceptors (Lipinski definition) is 3. The number of nitrogens with one attached hydrogen (secondary N) is 2. The van der Waals surface area contributed by atoms with Gasteiger partial charge >= 0.3 is 0 Å². The summed E-state index contributed by atoms with van der Waals surface area (Å²) in [7, 11) is -3.39. The maximum absolute atomic E-state index is 12.3. The van der Waals surface area contributed by atoms with Crippen LogP contribution in [-0.4, -0.2) is 27.0 Å². The fourth-order valence-electron chi connectivity index (χ4n) is 2.43. The summed E-state index contributed by atoms with van der Waals surface area (Å²) in [5.41, 5.74) is 1.15. The zero-order valence-corrected chi connectivity index (χ0v) is 13.6. The number of benzene rings is 1. The minimum atomic E-state index is -3.39. The smallest absolute Gasteiger partial charge is 0.240 e. The van der Waals surface area contributed by atoms with E-state index in [1.54, 1.807) is 12.1 Å². The fraction of sp³-hybridized carbons (Fsp3) is 0.571. The molecule has 2 unspecified atom stereocenters. The van der Waals surface area contributed by atoms with E-state index in [4.69, 9.17) is 0 Å². The van der Waals surface area contributed by atoms with Crippen molar-refractivity contribution < 1.29 is 8.42 Å². The van der Waals surface area contributed by atoms with Gasteiger partial charge in [-0.1, -0.05) is 19.1 Å². The van der Waals surface area contributed by atoms with Crippen LogP contribution in [-0.2, 0) is 16.4 Å². The van der Waals surface area contributed by atoms with Crippen molar-refractivity contribution in [2.45, 2.75) is 50.1 Å². The zero-order chi connectivity index (χ0) is 13.9. The van der Waals surface area contributed by atoms with Gasteiger partial charge in [0.25, 0.3) is 0 Å². The van der Waals surface area contributed by atoms with Crippen LogP contribution in [0.4, 0.5) is 0 Å². The highest BCUT2D eigenvalue weighted by Crippen LogP contribution is 2.15. The second-order valence-electron chi connectivity index (χ2n) is 5.20. The molecule has 0 aliphatic carbocycles. The predicted octanol–water partition coefficient (Wildman–Crippen LogP) is 2.09. The Balaban J connectivity index is 0.00000200. The summed E-state index contributed by atoms with van der Waals surface area (Å²) in [5, 5.41) is 3.32. The first-order chi connectivity index (χ1) is 9.01. The summed E-state index contributed by atoms with van der Waals surface area (Å²) in [4.78, 5) is 0.357. The molecule has 0 bridgehead atoms. The lowest BCUT2D eigenvalue weighted by atomic mass is 10.0. The van der Waals surface area contributed by atoms with Crippen molar-refractivity contribution in [3.05, 3.63) is 29.8 Å². The molecule has 20 heavy (non-hydrogen) atoms. The van der Waals surface area contributed by atoms with Crippen LogP contribution < -0.4 is 10.0 Å². The van der Waals surface area contributed by atoms with Crippen LogP contribution in [0.1, 0.15) is 32.3 Å². The zero-order valence-electron chi connectivity index (χ0n) is 11.9. The maximum Gasteiger partial charge on any atom is 0.240 e. The molecule has 1 saturated heterocycles. The van der Waals surface area contributed by atoms with E-state index in [9.17, 15) is 8.42 Å². The summed E-state index contributed by atoms with van der Waals surface area (Å²) in [6.07, 6.45) is 2.60. The van der Waals surface area contributed by atoms with Gasteiger partial charge in [0.05, 0.1) is 4.90 Å². The molecule has 2 atom stereocenters. The molecular formula is C14H23ClN2O2S. The normalized spacial score (nSPS) is 23.1. The van der Waals surface area contributed by atoms with Gasteiger partial charge in [0.2, 0.25) is 10.0 Å². The van der Waals surface area contributed by atoms with Crippen LogP contribution in [0.5, 0.6) is 0 Å². The molecule has 1 aliphatic rings. The highest BCUT2D eigenvalue weighted by Gasteiger charge is 2.24. The predicted molar refractivity (Wildman–Crippen MR) is 83.9 cm³/mol. The van der Waals surface area contributed by atoms with E-state index in [2.05, 4.69) is 23.9 Å². The van der Waals surface area contributed by atoms with Crippen molar-refractivity contribution in [3.63, 3.8) is 0 Å². The van der Waals surface area contributed by atoms with Crippen LogP contribution in [0.25, 0.3) is 0 Å². The molecule has 0 spiro atoms. The van der Waals surface area contributed by atoms with Gasteiger partial charge in [-0.15, -0.1) is 12.4 Å². The summed E-state index contributed by atoms with van der Waals surface area (Å²) in [5.74, 6) is 0. The van der Waals surface area contributed by atoms with Crippen LogP contribution in [0.3, 0.4) is 0 Å². The Labute approximate surface area is 127 Å². The van der Waals surface area contributed by atoms with Crippen molar-refractivity contribution in [1.29, 1.82) is 0 Å². The maximum atomic E-state index is 12.3. The van der Waals surface area contributed by atoms with Crippen molar-refractivity contribution in [2.75, 3.05) is 6.54 Å². The Hall–Kier alpha value is -0.620. The minimum Gasteiger partial charge on any atom is -0.314 e. The molecule has 0 aromatic heterocycles. The Morgan fingerprint density at radius 2 is 1.95 bits per heavy atom. The average molecular weight is 319 g/mol. The second kappa shape index (κ2) is 7.41. The first-order valence-corrected chi connectivity index (χ1v) is 8.34. The average Bonchev–Trinajstić information content (AvgIpc) is 2.38. The van der Waals surface area contributed by atoms with Gasteiger partial charge in [0.15, 0.2) is 0 Å². The number of rotatable bonds is 4. The number of aryl methyl sites for hydroxylation is 1. The van der Waals surface area contributed by atoms with Crippen LogP contribution in [0, 0.1) is 0 Å². The van der Waals surface area contributed by atoms with Crippen molar-refractivity contribution >= 4 is 22.4 Å². The molecule has 6 heteroatoms. The highest BCUT2D eigenvalue weighted by molar-refractivity contribution is 7.89. The van der Waals surface area contributed by atoms with Gasteiger partial charge in [0.1, 0.15) is 0 Å². The molecule has 2 N–H and O–H groups in total. The monoisotopic (exact) mass is 318 g/mol. The topological polar surface area (TPSA) is 58.2 Å². The van der Waals surface area contributed by atoms with Gasteiger partial charge in [-0.2, -0.15) is 0 Å². The number of hydrogen-bond donors (Lipinski definition) is 2. The third kappa shape index (κ3) is 4.45. The first kappa shape index (κ1) is 17.4. The van der Waals surface area contributed by atoms with E-state index in [1.165, 1.54) is 0 Å². The van der Waals surface area contributed by atoms with Crippen molar-refractivity contribution in [3.8, 4) is 0 Å². The molecule has 1 fully saturated rings. The lowest BCUT2D eigenvalue weighted by molar-refractivity contribution is 0.361. The summed E-state index contributed by atoms with van der Waals surface area (Å²) >= 11 is 0. The lowest BCUT2D eigenvalue weighted by Crippen LogP contribution is -2.46. The SMILES string of the molecule is CCc1ccc(S(=O)(=O)NC2CCNC(C)C2)cc1.Cl. The van der Waals surface area contributed by atoms with Gasteiger partial charge in [-0.3, -0.25) is 0 Å². The van der Waals surface area contributed by atoms with Crippen LogP contribution >= 0.6 is 12.4 Å². The molecule has 4 nitrogen and oxygen atoms in total. The van der Waals surface area contributed by atoms with Crippen molar-refractivity contribution in [2.24, 2.45) is 0 Å². The number of piperidine rings is 1. The van der Waals surface area contributed by atoms with E-state index in [1.807, 2.05) is 12.1 Å². The highest BCUT2D eigenvalue weighted by atomic mass is 35.5. The van der Waals surface area contributed by atoms with E-state index < -0.39 is 10.0 Å². The second-order valence-corrected chi connectivity index (χ2v) is 6.91. The van der Waals surface area contributed by atoms with Crippen LogP contribution in [0.2, 0.25) is 0 Å². The Kier molecular flexibility index (Phi) is 6.45. The minimum absolute atomic E-state index is 0. The number of sulfonamides is 1. The largest absolute Gasteiger partial charge is 0.314 e. The van der Waals surface area contributed by atoms with Crippen molar-refractivity contribution in [1.82, 2.24) is 10.0 Å². The summed E-state index contributed by atoms with van der Waals surface area (Å²) in [6, 6.07) is 7.52. The molecule has 2 rings (SSSR count). The van der Waals surface area contributed by atoms with E-state index in [-0.39, 0.29) is 18.4 Å². The molecule has 0 saturated carbocycles. The first-order valence-electron chi connectivity index (χ1n) is 6.86. The van der Waals surface area contributed by atoms with E-state index in [0.717, 1.165) is 31.4 Å². The summed E-state index contributed by atoms with van der Waals surface area (Å²) in [6.45, 7) is 5.00. The Morgan fingerprint density at radius 3 is 2.50 bits per heavy atom. The van der Waals surface area contributed by atoms with Gasteiger partial charge < -0.3 is 5.32 Å². The molecule has 0 radical (unpaired) electrons. The Bertz CT molecular complexity index is 516. The Morgan fingerprint density at radius 1 is 1.30 bits per heavy atom. The quantitative estimate of drug-likeness (QED) is 0.893. The van der Waals surface area contributed by atoms with E-state index in [0.29, 0.717) is 10.9 Å². The number of halogens is 1. The molecule has 1 aromatic rings. The standard InChI is InChI=1S/C14H22N2O2S.ClH/c1-3-12-4-6-14(7-5-12)19(17,18)16-13-8-9-15-11(2)10-13;/h4-7,11,13,15-16H,3,8-10H2,1-2H3;1H. The summed E-state index contributed by atoms with van der Waals surface area (Å²) < 4.78 is 27.4.